The number of benzene rings is 1. The Morgan fingerprint density at radius 2 is 1.81 bits per heavy atom. The first-order valence-corrected chi connectivity index (χ1v) is 9.72. The molecular weight excluding hydrogens is 404 g/mol. The molecule has 0 aliphatic carbocycles. The number of methoxy groups -OCH3 is 1. The summed E-state index contributed by atoms with van der Waals surface area (Å²) in [4.78, 5) is 23.4. The average Bonchev–Trinajstić information content (AvgIpc) is 2.79. The molecule has 9 heteroatoms. The Bertz CT molecular complexity index is 846. The highest BCUT2D eigenvalue weighted by Gasteiger charge is 2.15. The number of pyridine rings is 1. The zero-order chi connectivity index (χ0) is 22.5. The van der Waals surface area contributed by atoms with Crippen LogP contribution in [-0.2, 0) is 9.59 Å². The Hall–Kier alpha value is -3.59. The average molecular weight is 430 g/mol. The summed E-state index contributed by atoms with van der Waals surface area (Å²) in [5, 5.41) is 19.0. The molecule has 1 aromatic heterocycles. The summed E-state index contributed by atoms with van der Waals surface area (Å²) >= 11 is 0. The quantitative estimate of drug-likeness (QED) is 0.542. The molecule has 1 saturated heterocycles. The third-order valence-corrected chi connectivity index (χ3v) is 4.25. The number of rotatable bonds is 8. The molecule has 0 spiro atoms. The summed E-state index contributed by atoms with van der Waals surface area (Å²) in [6.07, 6.45) is 5.22. The summed E-state index contributed by atoms with van der Waals surface area (Å²) in [7, 11) is 1.64. The lowest BCUT2D eigenvalue weighted by Crippen LogP contribution is -2.33. The monoisotopic (exact) mass is 430 g/mol. The van der Waals surface area contributed by atoms with Gasteiger partial charge in [-0.3, -0.25) is 0 Å². The van der Waals surface area contributed by atoms with Crippen molar-refractivity contribution in [3.8, 4) is 23.1 Å². The van der Waals surface area contributed by atoms with Gasteiger partial charge in [-0.2, -0.15) is 0 Å². The smallest absolute Gasteiger partial charge is 0.328 e. The molecule has 1 atom stereocenters. The normalized spacial score (nSPS) is 15.5. The summed E-state index contributed by atoms with van der Waals surface area (Å²) in [6, 6.07) is 11.2. The van der Waals surface area contributed by atoms with Crippen LogP contribution in [0, 0.1) is 5.92 Å². The fraction of sp³-hybridized carbons (Fsp3) is 0.318. The second-order valence-electron chi connectivity index (χ2n) is 6.62. The van der Waals surface area contributed by atoms with Crippen molar-refractivity contribution in [1.29, 1.82) is 0 Å². The van der Waals surface area contributed by atoms with Crippen molar-refractivity contribution in [3.05, 3.63) is 54.7 Å². The van der Waals surface area contributed by atoms with Crippen molar-refractivity contribution < 1.29 is 34.0 Å². The summed E-state index contributed by atoms with van der Waals surface area (Å²) in [6.45, 7) is 2.79. The topological polar surface area (TPSA) is 127 Å². The zero-order valence-electron chi connectivity index (χ0n) is 17.2. The van der Waals surface area contributed by atoms with E-state index in [0.29, 0.717) is 42.1 Å². The molecule has 0 amide bonds. The minimum Gasteiger partial charge on any atom is -0.497 e. The molecule has 2 aromatic rings. The van der Waals surface area contributed by atoms with E-state index in [2.05, 4.69) is 10.3 Å². The van der Waals surface area contributed by atoms with Crippen LogP contribution in [0.5, 0.6) is 23.1 Å². The molecule has 3 rings (SSSR count). The van der Waals surface area contributed by atoms with Gasteiger partial charge in [0.1, 0.15) is 11.5 Å². The van der Waals surface area contributed by atoms with Gasteiger partial charge in [-0.05, 0) is 55.8 Å². The van der Waals surface area contributed by atoms with Crippen LogP contribution in [0.2, 0.25) is 0 Å². The SMILES string of the molecule is COc1ccc(Oc2ncccc2OC[C@H]2CCCNC2)cc1.O=C(O)/C=C/C(=O)O. The van der Waals surface area contributed by atoms with E-state index < -0.39 is 11.9 Å². The lowest BCUT2D eigenvalue weighted by molar-refractivity contribution is -0.134. The van der Waals surface area contributed by atoms with Crippen LogP contribution >= 0.6 is 0 Å². The summed E-state index contributed by atoms with van der Waals surface area (Å²) < 4.78 is 16.9. The lowest BCUT2D eigenvalue weighted by Gasteiger charge is -2.23. The number of ether oxygens (including phenoxy) is 3. The maximum atomic E-state index is 9.55. The predicted octanol–water partition coefficient (Wildman–Crippen LogP) is 2.97. The van der Waals surface area contributed by atoms with Crippen LogP contribution in [-0.4, -0.2) is 53.9 Å². The van der Waals surface area contributed by atoms with Crippen molar-refractivity contribution in [3.63, 3.8) is 0 Å². The largest absolute Gasteiger partial charge is 0.497 e. The van der Waals surface area contributed by atoms with Crippen molar-refractivity contribution in [1.82, 2.24) is 10.3 Å². The first-order chi connectivity index (χ1) is 15.0. The van der Waals surface area contributed by atoms with Crippen LogP contribution in [0.15, 0.2) is 54.7 Å². The van der Waals surface area contributed by atoms with E-state index >= 15 is 0 Å². The molecule has 1 aliphatic heterocycles. The number of aromatic nitrogens is 1. The van der Waals surface area contributed by atoms with Crippen molar-refractivity contribution in [2.45, 2.75) is 12.8 Å². The first kappa shape index (κ1) is 23.7. The number of hydrogen-bond acceptors (Lipinski definition) is 7. The van der Waals surface area contributed by atoms with E-state index in [0.717, 1.165) is 18.8 Å². The Balaban J connectivity index is 0.000000366. The minimum atomic E-state index is -1.26. The molecule has 0 saturated carbocycles. The van der Waals surface area contributed by atoms with E-state index in [1.807, 2.05) is 36.4 Å². The second kappa shape index (κ2) is 12.9. The number of nitrogens with zero attached hydrogens (tertiary/aromatic N) is 1. The number of nitrogens with one attached hydrogen (secondary N) is 1. The van der Waals surface area contributed by atoms with Gasteiger partial charge in [-0.15, -0.1) is 0 Å². The van der Waals surface area contributed by atoms with E-state index in [1.165, 1.54) is 12.8 Å². The van der Waals surface area contributed by atoms with Gasteiger partial charge >= 0.3 is 11.9 Å². The molecule has 0 bridgehead atoms. The first-order valence-electron chi connectivity index (χ1n) is 9.72. The Kier molecular flexibility index (Phi) is 9.83. The standard InChI is InChI=1S/C18H22N2O3.C4H4O4/c1-21-15-6-8-16(9-7-15)23-18-17(5-3-11-20-18)22-13-14-4-2-10-19-12-14;5-3(6)1-2-4(7)8/h3,5-9,11,14,19H,2,4,10,12-13H2,1H3;1-2H,(H,5,6)(H,7,8)/b;2-1+/t14-;/m0./s1. The van der Waals surface area contributed by atoms with E-state index in [1.54, 1.807) is 13.3 Å². The van der Waals surface area contributed by atoms with Gasteiger partial charge in [0.2, 0.25) is 0 Å². The van der Waals surface area contributed by atoms with Crippen LogP contribution < -0.4 is 19.5 Å². The molecule has 1 aromatic carbocycles. The van der Waals surface area contributed by atoms with Gasteiger partial charge in [0.15, 0.2) is 5.75 Å². The highest BCUT2D eigenvalue weighted by atomic mass is 16.5. The molecule has 0 unspecified atom stereocenters. The lowest BCUT2D eigenvalue weighted by atomic mass is 10.0. The van der Waals surface area contributed by atoms with E-state index in [-0.39, 0.29) is 0 Å². The maximum absolute atomic E-state index is 9.55. The highest BCUT2D eigenvalue weighted by Crippen LogP contribution is 2.30. The van der Waals surface area contributed by atoms with Crippen molar-refractivity contribution in [2.24, 2.45) is 5.92 Å². The Morgan fingerprint density at radius 3 is 2.39 bits per heavy atom. The van der Waals surface area contributed by atoms with Gasteiger partial charge < -0.3 is 29.7 Å². The molecular formula is C22H26N2O7. The third-order valence-electron chi connectivity index (χ3n) is 4.25. The number of carboxylic acids is 2. The van der Waals surface area contributed by atoms with Crippen molar-refractivity contribution >= 4 is 11.9 Å². The van der Waals surface area contributed by atoms with Gasteiger partial charge in [0.05, 0.1) is 13.7 Å². The minimum absolute atomic E-state index is 0.487. The highest BCUT2D eigenvalue weighted by molar-refractivity contribution is 5.89. The molecule has 3 N–H and O–H groups in total. The van der Waals surface area contributed by atoms with Crippen LogP contribution in [0.3, 0.4) is 0 Å². The Morgan fingerprint density at radius 1 is 1.13 bits per heavy atom. The molecule has 9 nitrogen and oxygen atoms in total. The number of hydrogen-bond donors (Lipinski definition) is 3. The Labute approximate surface area is 180 Å². The molecule has 0 radical (unpaired) electrons. The van der Waals surface area contributed by atoms with Gasteiger partial charge in [-0.25, -0.2) is 14.6 Å². The fourth-order valence-corrected chi connectivity index (χ4v) is 2.73. The van der Waals surface area contributed by atoms with E-state index in [4.69, 9.17) is 24.4 Å². The van der Waals surface area contributed by atoms with E-state index in [9.17, 15) is 9.59 Å². The van der Waals surface area contributed by atoms with Crippen LogP contribution in [0.1, 0.15) is 12.8 Å². The van der Waals surface area contributed by atoms with Gasteiger partial charge in [-0.1, -0.05) is 0 Å². The molecule has 31 heavy (non-hydrogen) atoms. The van der Waals surface area contributed by atoms with Crippen LogP contribution in [0.4, 0.5) is 0 Å². The second-order valence-corrected chi connectivity index (χ2v) is 6.62. The number of carboxylic acid groups (broad SMARTS) is 2. The van der Waals surface area contributed by atoms with Gasteiger partial charge in [0.25, 0.3) is 5.88 Å². The summed E-state index contributed by atoms with van der Waals surface area (Å²) in [5.41, 5.74) is 0. The fourth-order valence-electron chi connectivity index (χ4n) is 2.73. The molecule has 1 aliphatic rings. The molecule has 166 valence electrons. The molecule has 2 heterocycles. The number of piperidine rings is 1. The number of carbonyl (C=O) groups is 2. The summed E-state index contributed by atoms with van der Waals surface area (Å²) in [5.74, 6) is 0.682. The van der Waals surface area contributed by atoms with Crippen molar-refractivity contribution in [2.75, 3.05) is 26.8 Å². The van der Waals surface area contributed by atoms with Crippen LogP contribution in [0.25, 0.3) is 0 Å². The third kappa shape index (κ3) is 9.18. The predicted molar refractivity (Wildman–Crippen MR) is 113 cm³/mol. The zero-order valence-corrected chi connectivity index (χ0v) is 17.2. The molecule has 1 fully saturated rings. The number of aliphatic carboxylic acids is 2. The van der Waals surface area contributed by atoms with Gasteiger partial charge in [0, 0.05) is 30.8 Å². The maximum Gasteiger partial charge on any atom is 0.328 e.